The Hall–Kier alpha value is -1.18. The van der Waals surface area contributed by atoms with Gasteiger partial charge < -0.3 is 25.4 Å². The largest absolute Gasteiger partial charge is 0.388 e. The van der Waals surface area contributed by atoms with E-state index in [0.717, 1.165) is 6.42 Å². The molecule has 160 valence electrons. The minimum absolute atomic E-state index is 0.0344. The fourth-order valence-corrected chi connectivity index (χ4v) is 5.22. The van der Waals surface area contributed by atoms with Crippen LogP contribution in [-0.2, 0) is 14.3 Å². The highest BCUT2D eigenvalue weighted by Crippen LogP contribution is 2.40. The molecule has 2 aliphatic heterocycles. The minimum atomic E-state index is -0.772. The summed E-state index contributed by atoms with van der Waals surface area (Å²) in [6, 6.07) is 0. The Bertz CT molecular complexity index is 556. The number of carbonyl (C=O) groups is 2. The molecule has 3 fully saturated rings. The van der Waals surface area contributed by atoms with Gasteiger partial charge in [0, 0.05) is 26.1 Å². The molecule has 7 heteroatoms. The van der Waals surface area contributed by atoms with Crippen molar-refractivity contribution in [3.05, 3.63) is 0 Å². The Morgan fingerprint density at radius 1 is 1.18 bits per heavy atom. The second-order valence-electron chi connectivity index (χ2n) is 9.13. The number of ether oxygens (including phenoxy) is 1. The molecule has 1 aliphatic carbocycles. The number of aliphatic hydroxyl groups is 1. The van der Waals surface area contributed by atoms with E-state index in [4.69, 9.17) is 4.74 Å². The smallest absolute Gasteiger partial charge is 0.236 e. The average molecular weight is 396 g/mol. The van der Waals surface area contributed by atoms with Crippen LogP contribution in [0.15, 0.2) is 0 Å². The Balaban J connectivity index is 1.55. The molecule has 2 heterocycles. The number of amides is 2. The third-order valence-corrected chi connectivity index (χ3v) is 7.08. The average Bonchev–Trinajstić information content (AvgIpc) is 3.19. The van der Waals surface area contributed by atoms with Crippen LogP contribution in [0.3, 0.4) is 0 Å². The lowest BCUT2D eigenvalue weighted by molar-refractivity contribution is -0.208. The van der Waals surface area contributed by atoms with Crippen LogP contribution < -0.4 is 10.6 Å². The third kappa shape index (κ3) is 4.69. The minimum Gasteiger partial charge on any atom is -0.388 e. The number of piperidine rings is 1. The Kier molecular flexibility index (Phi) is 6.99. The zero-order chi connectivity index (χ0) is 20.2. The fourth-order valence-electron chi connectivity index (χ4n) is 5.22. The summed E-state index contributed by atoms with van der Waals surface area (Å²) in [5.74, 6) is 0.793. The van der Waals surface area contributed by atoms with E-state index in [0.29, 0.717) is 57.8 Å². The van der Waals surface area contributed by atoms with E-state index in [2.05, 4.69) is 10.6 Å². The van der Waals surface area contributed by atoms with E-state index in [1.807, 2.05) is 11.8 Å². The summed E-state index contributed by atoms with van der Waals surface area (Å²) in [6.07, 6.45) is 7.56. The number of likely N-dealkylation sites (tertiary alicyclic amines) is 1. The van der Waals surface area contributed by atoms with Gasteiger partial charge in [-0.05, 0) is 45.6 Å². The van der Waals surface area contributed by atoms with Crippen molar-refractivity contribution in [1.29, 1.82) is 0 Å². The number of carbonyl (C=O) groups excluding carboxylic acids is 2. The molecule has 1 saturated carbocycles. The van der Waals surface area contributed by atoms with Crippen molar-refractivity contribution in [1.82, 2.24) is 15.5 Å². The predicted molar refractivity (Wildman–Crippen MR) is 107 cm³/mol. The lowest BCUT2D eigenvalue weighted by Crippen LogP contribution is -2.69. The maximum absolute atomic E-state index is 12.6. The van der Waals surface area contributed by atoms with Crippen molar-refractivity contribution in [3.8, 4) is 0 Å². The molecule has 2 atom stereocenters. The first kappa shape index (κ1) is 21.5. The molecule has 0 unspecified atom stereocenters. The van der Waals surface area contributed by atoms with Crippen molar-refractivity contribution in [2.24, 2.45) is 5.92 Å². The van der Waals surface area contributed by atoms with Crippen LogP contribution in [0, 0.1) is 5.92 Å². The van der Waals surface area contributed by atoms with Gasteiger partial charge in [-0.3, -0.25) is 9.59 Å². The molecule has 3 N–H and O–H groups in total. The molecule has 0 aromatic heterocycles. The molecule has 3 rings (SSSR count). The third-order valence-electron chi connectivity index (χ3n) is 7.08. The summed E-state index contributed by atoms with van der Waals surface area (Å²) in [5.41, 5.74) is -1.36. The monoisotopic (exact) mass is 395 g/mol. The number of likely N-dealkylation sites (N-methyl/N-ethyl adjacent to an activating group) is 1. The van der Waals surface area contributed by atoms with Crippen LogP contribution in [0.5, 0.6) is 0 Å². The summed E-state index contributed by atoms with van der Waals surface area (Å²) >= 11 is 0. The maximum Gasteiger partial charge on any atom is 0.236 e. The van der Waals surface area contributed by atoms with Gasteiger partial charge in [0.25, 0.3) is 0 Å². The number of hydrogen-bond acceptors (Lipinski definition) is 5. The van der Waals surface area contributed by atoms with Crippen molar-refractivity contribution in [2.75, 3.05) is 33.3 Å². The molecule has 2 amide bonds. The van der Waals surface area contributed by atoms with Crippen LogP contribution >= 0.6 is 0 Å². The quantitative estimate of drug-likeness (QED) is 0.629. The topological polar surface area (TPSA) is 90.9 Å². The molecule has 0 aromatic carbocycles. The van der Waals surface area contributed by atoms with Gasteiger partial charge in [0.1, 0.15) is 6.10 Å². The molecule has 2 saturated heterocycles. The van der Waals surface area contributed by atoms with E-state index in [-0.39, 0.29) is 11.8 Å². The number of hydrogen-bond donors (Lipinski definition) is 3. The van der Waals surface area contributed by atoms with Crippen LogP contribution in [0.4, 0.5) is 0 Å². The second kappa shape index (κ2) is 9.09. The van der Waals surface area contributed by atoms with Gasteiger partial charge in [0.15, 0.2) is 0 Å². The van der Waals surface area contributed by atoms with Crippen molar-refractivity contribution < 1.29 is 19.4 Å². The number of nitrogens with zero attached hydrogens (tertiary/aromatic N) is 1. The lowest BCUT2D eigenvalue weighted by Gasteiger charge is -2.53. The SMILES string of the molecule is CNCC(=O)N1CCC2(CC1)OCC[C@@](C)(NC(=O)CCC1CCCC1)[C@@H]2O. The van der Waals surface area contributed by atoms with Gasteiger partial charge in [-0.1, -0.05) is 25.7 Å². The Morgan fingerprint density at radius 3 is 2.50 bits per heavy atom. The molecule has 3 aliphatic rings. The summed E-state index contributed by atoms with van der Waals surface area (Å²) in [5, 5.41) is 17.2. The van der Waals surface area contributed by atoms with Gasteiger partial charge in [0.05, 0.1) is 17.7 Å². The van der Waals surface area contributed by atoms with E-state index < -0.39 is 17.2 Å². The molecule has 0 aromatic rings. The van der Waals surface area contributed by atoms with E-state index in [1.54, 1.807) is 7.05 Å². The highest BCUT2D eigenvalue weighted by molar-refractivity contribution is 5.78. The van der Waals surface area contributed by atoms with Crippen molar-refractivity contribution in [2.45, 2.75) is 82.0 Å². The summed E-state index contributed by atoms with van der Waals surface area (Å²) in [6.45, 7) is 3.92. The molecule has 0 radical (unpaired) electrons. The number of rotatable bonds is 6. The maximum atomic E-state index is 12.6. The zero-order valence-corrected chi connectivity index (χ0v) is 17.5. The highest BCUT2D eigenvalue weighted by atomic mass is 16.5. The molecule has 0 bridgehead atoms. The van der Waals surface area contributed by atoms with Crippen LogP contribution in [0.25, 0.3) is 0 Å². The summed E-state index contributed by atoms with van der Waals surface area (Å²) in [4.78, 5) is 26.5. The van der Waals surface area contributed by atoms with E-state index in [1.165, 1.54) is 25.7 Å². The van der Waals surface area contributed by atoms with Gasteiger partial charge >= 0.3 is 0 Å². The molecule has 1 spiro atoms. The Labute approximate surface area is 168 Å². The summed E-state index contributed by atoms with van der Waals surface area (Å²) < 4.78 is 6.07. The van der Waals surface area contributed by atoms with Crippen molar-refractivity contribution in [3.63, 3.8) is 0 Å². The van der Waals surface area contributed by atoms with Gasteiger partial charge in [0.2, 0.25) is 11.8 Å². The zero-order valence-electron chi connectivity index (χ0n) is 17.5. The fraction of sp³-hybridized carbons (Fsp3) is 0.905. The number of nitrogens with one attached hydrogen (secondary N) is 2. The predicted octanol–water partition coefficient (Wildman–Crippen LogP) is 1.19. The molecule has 28 heavy (non-hydrogen) atoms. The van der Waals surface area contributed by atoms with Gasteiger partial charge in [-0.25, -0.2) is 0 Å². The van der Waals surface area contributed by atoms with Crippen LogP contribution in [0.2, 0.25) is 0 Å². The Morgan fingerprint density at radius 2 is 1.86 bits per heavy atom. The van der Waals surface area contributed by atoms with E-state index >= 15 is 0 Å². The first-order valence-electron chi connectivity index (χ1n) is 10.9. The molecular formula is C21H37N3O4. The molecular weight excluding hydrogens is 358 g/mol. The van der Waals surface area contributed by atoms with Crippen molar-refractivity contribution >= 4 is 11.8 Å². The second-order valence-corrected chi connectivity index (χ2v) is 9.13. The first-order chi connectivity index (χ1) is 13.4. The highest BCUT2D eigenvalue weighted by Gasteiger charge is 2.54. The molecule has 7 nitrogen and oxygen atoms in total. The standard InChI is InChI=1S/C21H37N3O4/c1-20(23-17(25)8-7-16-5-3-4-6-16)11-14-28-21(19(20)27)9-12-24(13-10-21)18(26)15-22-2/h16,19,22,27H,3-15H2,1-2H3,(H,23,25)/t19-,20+/m0/s1. The lowest BCUT2D eigenvalue weighted by atomic mass is 9.73. The first-order valence-corrected chi connectivity index (χ1v) is 10.9. The van der Waals surface area contributed by atoms with Gasteiger partial charge in [-0.2, -0.15) is 0 Å². The number of aliphatic hydroxyl groups excluding tert-OH is 1. The van der Waals surface area contributed by atoms with Crippen LogP contribution in [0.1, 0.15) is 64.7 Å². The van der Waals surface area contributed by atoms with Gasteiger partial charge in [-0.15, -0.1) is 0 Å². The van der Waals surface area contributed by atoms with Crippen LogP contribution in [-0.4, -0.2) is 72.4 Å². The normalized spacial score (nSPS) is 30.5. The summed E-state index contributed by atoms with van der Waals surface area (Å²) in [7, 11) is 1.76. The van der Waals surface area contributed by atoms with E-state index in [9.17, 15) is 14.7 Å².